The van der Waals surface area contributed by atoms with Crippen molar-refractivity contribution in [2.24, 2.45) is 4.99 Å². The number of hydrogen-bond donors (Lipinski definition) is 0. The maximum absolute atomic E-state index is 9.18. The summed E-state index contributed by atoms with van der Waals surface area (Å²) in [5, 5.41) is 18.3. The Morgan fingerprint density at radius 3 is 2.74 bits per heavy atom. The number of ether oxygens (including phenoxy) is 2. The summed E-state index contributed by atoms with van der Waals surface area (Å²) < 4.78 is 12.2. The molecular weight excluding hydrogens is 338 g/mol. The van der Waals surface area contributed by atoms with E-state index >= 15 is 0 Å². The van der Waals surface area contributed by atoms with Gasteiger partial charge in [0.15, 0.2) is 0 Å². The van der Waals surface area contributed by atoms with Crippen molar-refractivity contribution in [1.82, 2.24) is 0 Å². The molecule has 0 saturated carbocycles. The number of nitriles is 2. The summed E-state index contributed by atoms with van der Waals surface area (Å²) in [6.45, 7) is 2.57. The quantitative estimate of drug-likeness (QED) is 0.716. The molecule has 2 aromatic carbocycles. The molecule has 27 heavy (non-hydrogen) atoms. The summed E-state index contributed by atoms with van der Waals surface area (Å²) in [5.41, 5.74) is 3.64. The maximum Gasteiger partial charge on any atom is 0.205 e. The first-order chi connectivity index (χ1) is 13.1. The first-order valence-electron chi connectivity index (χ1n) is 9.04. The molecule has 4 rings (SSSR count). The van der Waals surface area contributed by atoms with E-state index in [1.807, 2.05) is 42.6 Å². The van der Waals surface area contributed by atoms with Crippen molar-refractivity contribution >= 4 is 5.71 Å². The van der Waals surface area contributed by atoms with Crippen LogP contribution in [0.1, 0.15) is 37.3 Å². The van der Waals surface area contributed by atoms with Gasteiger partial charge in [0.25, 0.3) is 0 Å². The Hall–Kier alpha value is -3.15. The lowest BCUT2D eigenvalue weighted by Gasteiger charge is -2.42. The van der Waals surface area contributed by atoms with Crippen molar-refractivity contribution in [2.45, 2.75) is 37.9 Å². The topological polar surface area (TPSA) is 78.4 Å². The molecular formula is C22H19N3O2. The van der Waals surface area contributed by atoms with Gasteiger partial charge in [-0.1, -0.05) is 18.2 Å². The summed E-state index contributed by atoms with van der Waals surface area (Å²) in [7, 11) is 0. The molecule has 1 fully saturated rings. The van der Waals surface area contributed by atoms with Crippen LogP contribution < -0.4 is 4.74 Å². The zero-order chi connectivity index (χ0) is 18.9. The van der Waals surface area contributed by atoms with Crippen LogP contribution in [0.2, 0.25) is 0 Å². The summed E-state index contributed by atoms with van der Waals surface area (Å²) in [5.74, 6) is 0.730. The van der Waals surface area contributed by atoms with Gasteiger partial charge in [-0.25, -0.2) is 0 Å². The molecule has 2 aromatic rings. The van der Waals surface area contributed by atoms with Crippen LogP contribution in [0.3, 0.4) is 0 Å². The fraction of sp³-hybridized carbons (Fsp3) is 0.318. The van der Waals surface area contributed by atoms with E-state index in [4.69, 9.17) is 14.7 Å². The van der Waals surface area contributed by atoms with Crippen LogP contribution in [-0.4, -0.2) is 24.0 Å². The zero-order valence-corrected chi connectivity index (χ0v) is 15.1. The molecule has 0 bridgehead atoms. The van der Waals surface area contributed by atoms with E-state index in [-0.39, 0.29) is 6.10 Å². The molecule has 0 radical (unpaired) electrons. The van der Waals surface area contributed by atoms with Gasteiger partial charge in [0.2, 0.25) is 6.19 Å². The molecule has 0 aliphatic carbocycles. The van der Waals surface area contributed by atoms with Gasteiger partial charge in [-0.3, -0.25) is 0 Å². The summed E-state index contributed by atoms with van der Waals surface area (Å²) in [6.07, 6.45) is 4.52. The van der Waals surface area contributed by atoms with Gasteiger partial charge >= 0.3 is 0 Å². The van der Waals surface area contributed by atoms with E-state index in [0.717, 1.165) is 41.0 Å². The Kier molecular flexibility index (Phi) is 4.39. The van der Waals surface area contributed by atoms with Crippen LogP contribution in [-0.2, 0) is 4.74 Å². The van der Waals surface area contributed by atoms with Crippen LogP contribution in [0.4, 0.5) is 0 Å². The predicted molar refractivity (Wildman–Crippen MR) is 101 cm³/mol. The van der Waals surface area contributed by atoms with E-state index in [9.17, 15) is 5.26 Å². The summed E-state index contributed by atoms with van der Waals surface area (Å²) in [6, 6.07) is 15.5. The van der Waals surface area contributed by atoms with Gasteiger partial charge in [0, 0.05) is 12.0 Å². The number of benzene rings is 2. The molecule has 2 aliphatic heterocycles. The van der Waals surface area contributed by atoms with E-state index in [2.05, 4.69) is 18.0 Å². The van der Waals surface area contributed by atoms with Gasteiger partial charge < -0.3 is 9.47 Å². The molecule has 5 heteroatoms. The van der Waals surface area contributed by atoms with E-state index in [0.29, 0.717) is 18.6 Å². The minimum Gasteiger partial charge on any atom is -0.484 e. The van der Waals surface area contributed by atoms with E-state index in [1.54, 1.807) is 6.07 Å². The third kappa shape index (κ3) is 3.30. The molecule has 0 amide bonds. The van der Waals surface area contributed by atoms with Crippen LogP contribution in [0.5, 0.6) is 5.75 Å². The monoisotopic (exact) mass is 357 g/mol. The highest BCUT2D eigenvalue weighted by Crippen LogP contribution is 2.40. The summed E-state index contributed by atoms with van der Waals surface area (Å²) >= 11 is 0. The Morgan fingerprint density at radius 1 is 1.15 bits per heavy atom. The van der Waals surface area contributed by atoms with Crippen molar-refractivity contribution < 1.29 is 9.47 Å². The second-order valence-electron chi connectivity index (χ2n) is 7.18. The van der Waals surface area contributed by atoms with Crippen molar-refractivity contribution in [3.8, 4) is 29.1 Å². The number of fused-ring (bicyclic) bond motifs is 1. The number of nitrogens with zero attached hydrogens (tertiary/aromatic N) is 3. The van der Waals surface area contributed by atoms with Crippen LogP contribution in [0.25, 0.3) is 11.1 Å². The van der Waals surface area contributed by atoms with Crippen LogP contribution in [0.15, 0.2) is 47.5 Å². The van der Waals surface area contributed by atoms with Crippen molar-refractivity contribution in [3.63, 3.8) is 0 Å². The number of hydrogen-bond acceptors (Lipinski definition) is 5. The first kappa shape index (κ1) is 17.3. The Balaban J connectivity index is 1.74. The molecule has 0 aromatic heterocycles. The predicted octanol–water partition coefficient (Wildman–Crippen LogP) is 4.22. The molecule has 2 unspecified atom stereocenters. The van der Waals surface area contributed by atoms with E-state index in [1.165, 1.54) is 0 Å². The van der Waals surface area contributed by atoms with Gasteiger partial charge in [-0.2, -0.15) is 15.5 Å². The molecule has 2 aliphatic rings. The highest BCUT2D eigenvalue weighted by Gasteiger charge is 2.42. The zero-order valence-electron chi connectivity index (χ0n) is 15.1. The van der Waals surface area contributed by atoms with Crippen LogP contribution >= 0.6 is 0 Å². The minimum atomic E-state index is -0.447. The molecule has 1 saturated heterocycles. The smallest absolute Gasteiger partial charge is 0.205 e. The van der Waals surface area contributed by atoms with Crippen molar-refractivity contribution in [2.75, 3.05) is 6.61 Å². The SMILES string of the molecule is CC1CCC2(CO1)CC(=NC#N)c1cc(-c3cccc(C#N)c3)ccc1O2. The molecule has 0 N–H and O–H groups in total. The first-order valence-corrected chi connectivity index (χ1v) is 9.04. The molecule has 134 valence electrons. The van der Waals surface area contributed by atoms with Crippen LogP contribution in [0, 0.1) is 22.8 Å². The fourth-order valence-electron chi connectivity index (χ4n) is 3.76. The second kappa shape index (κ2) is 6.87. The Morgan fingerprint density at radius 2 is 2.00 bits per heavy atom. The highest BCUT2D eigenvalue weighted by atomic mass is 16.6. The maximum atomic E-state index is 9.18. The normalized spacial score (nSPS) is 25.3. The minimum absolute atomic E-state index is 0.228. The third-order valence-electron chi connectivity index (χ3n) is 5.25. The molecule has 2 atom stereocenters. The number of rotatable bonds is 1. The largest absolute Gasteiger partial charge is 0.484 e. The third-order valence-corrected chi connectivity index (χ3v) is 5.25. The number of aliphatic imine (C=N–C) groups is 1. The molecule has 5 nitrogen and oxygen atoms in total. The van der Waals surface area contributed by atoms with E-state index < -0.39 is 5.60 Å². The Bertz CT molecular complexity index is 989. The average Bonchev–Trinajstić information content (AvgIpc) is 2.70. The van der Waals surface area contributed by atoms with Gasteiger partial charge in [0.05, 0.1) is 30.1 Å². The van der Waals surface area contributed by atoms with Gasteiger partial charge in [-0.15, -0.1) is 0 Å². The lowest BCUT2D eigenvalue weighted by Crippen LogP contribution is -2.50. The Labute approximate surface area is 158 Å². The van der Waals surface area contributed by atoms with Gasteiger partial charge in [0.1, 0.15) is 11.4 Å². The second-order valence-corrected chi connectivity index (χ2v) is 7.18. The van der Waals surface area contributed by atoms with Crippen molar-refractivity contribution in [3.05, 3.63) is 53.6 Å². The standard InChI is InChI=1S/C22H19N3O2/c1-15-7-8-22(13-26-15)11-20(25-14-24)19-10-18(5-6-21(19)27-22)17-4-2-3-16(9-17)12-23/h2-6,9-10,15H,7-8,11,13H2,1H3. The molecule has 1 spiro atoms. The van der Waals surface area contributed by atoms with Crippen molar-refractivity contribution in [1.29, 1.82) is 10.5 Å². The lowest BCUT2D eigenvalue weighted by atomic mass is 9.83. The average molecular weight is 357 g/mol. The lowest BCUT2D eigenvalue weighted by molar-refractivity contribution is -0.0974. The summed E-state index contributed by atoms with van der Waals surface area (Å²) in [4.78, 5) is 4.10. The van der Waals surface area contributed by atoms with Gasteiger partial charge in [-0.05, 0) is 55.2 Å². The highest BCUT2D eigenvalue weighted by molar-refractivity contribution is 6.05. The molecule has 2 heterocycles. The fourth-order valence-corrected chi connectivity index (χ4v) is 3.76.